The zero-order chi connectivity index (χ0) is 23.6. The minimum absolute atomic E-state index is 0.0229. The first-order chi connectivity index (χ1) is 15.1. The van der Waals surface area contributed by atoms with Crippen molar-refractivity contribution in [3.8, 4) is 5.75 Å². The Hall–Kier alpha value is -3.24. The molecule has 1 unspecified atom stereocenters. The molecule has 1 N–H and O–H groups in total. The van der Waals surface area contributed by atoms with Crippen LogP contribution in [-0.2, 0) is 9.36 Å². The molecule has 0 saturated heterocycles. The van der Waals surface area contributed by atoms with Gasteiger partial charge in [0, 0.05) is 5.56 Å². The molecule has 0 aliphatic rings. The summed E-state index contributed by atoms with van der Waals surface area (Å²) in [5.41, 5.74) is 0.184. The summed E-state index contributed by atoms with van der Waals surface area (Å²) in [5, 5.41) is 10.7. The molecule has 0 heterocycles. The largest absolute Gasteiger partial charge is 0.493 e. The molecule has 0 bridgehead atoms. The number of benzene rings is 3. The van der Waals surface area contributed by atoms with E-state index in [0.29, 0.717) is 21.9 Å². The quantitative estimate of drug-likeness (QED) is 0.447. The summed E-state index contributed by atoms with van der Waals surface area (Å²) in [6, 6.07) is 13.8. The number of fused-ring (bicyclic) bond motifs is 1. The van der Waals surface area contributed by atoms with Crippen molar-refractivity contribution < 1.29 is 28.8 Å². The number of hydrogen-bond donors (Lipinski definition) is 1. The molecular formula is C25H25O6P. The highest BCUT2D eigenvalue weighted by atomic mass is 31.2. The molecular weight excluding hydrogens is 427 g/mol. The number of carbonyl (C=O) groups is 3. The maximum atomic E-state index is 14.1. The third kappa shape index (κ3) is 4.23. The topological polar surface area (TPSA) is 97.7 Å². The average Bonchev–Trinajstić information content (AvgIpc) is 2.72. The average molecular weight is 452 g/mol. The maximum Gasteiger partial charge on any atom is 0.311 e. The van der Waals surface area contributed by atoms with Gasteiger partial charge in [-0.2, -0.15) is 0 Å². The highest BCUT2D eigenvalue weighted by Crippen LogP contribution is 2.54. The lowest BCUT2D eigenvalue weighted by molar-refractivity contribution is -0.134. The van der Waals surface area contributed by atoms with E-state index in [1.54, 1.807) is 69.3 Å². The number of carbonyl (C=O) groups excluding carboxylic acids is 2. The van der Waals surface area contributed by atoms with E-state index in [0.717, 1.165) is 5.56 Å². The van der Waals surface area contributed by atoms with E-state index in [1.807, 2.05) is 6.92 Å². The molecule has 0 radical (unpaired) electrons. The van der Waals surface area contributed by atoms with Gasteiger partial charge in [-0.15, -0.1) is 0 Å². The van der Waals surface area contributed by atoms with Crippen molar-refractivity contribution in [2.75, 3.05) is 12.8 Å². The summed E-state index contributed by atoms with van der Waals surface area (Å²) in [4.78, 5) is 39.1. The van der Waals surface area contributed by atoms with Gasteiger partial charge in [0.25, 0.3) is 0 Å². The van der Waals surface area contributed by atoms with Crippen molar-refractivity contribution in [2.24, 2.45) is 0 Å². The van der Waals surface area contributed by atoms with Gasteiger partial charge in [0.15, 0.2) is 0 Å². The number of aryl methyl sites for hydroxylation is 3. The van der Waals surface area contributed by atoms with Gasteiger partial charge in [-0.1, -0.05) is 48.0 Å². The summed E-state index contributed by atoms with van der Waals surface area (Å²) in [7, 11) is -4.58. The fourth-order valence-corrected chi connectivity index (χ4v) is 6.21. The zero-order valence-electron chi connectivity index (χ0n) is 18.5. The number of aliphatic carboxylic acids is 1. The number of carboxylic acids is 1. The zero-order valence-corrected chi connectivity index (χ0v) is 19.4. The summed E-state index contributed by atoms with van der Waals surface area (Å²) in [5.74, 6) is -1.30. The molecule has 3 aromatic carbocycles. The first kappa shape index (κ1) is 23.4. The summed E-state index contributed by atoms with van der Waals surface area (Å²) in [6.07, 6.45) is -1.06. The second-order valence-corrected chi connectivity index (χ2v) is 10.4. The first-order valence-electron chi connectivity index (χ1n) is 10.2. The number of carboxylic acid groups (broad SMARTS) is 1. The highest BCUT2D eigenvalue weighted by molar-refractivity contribution is 7.96. The lowest BCUT2D eigenvalue weighted by Crippen LogP contribution is -2.20. The first-order valence-corrected chi connectivity index (χ1v) is 12.1. The van der Waals surface area contributed by atoms with Gasteiger partial charge in [-0.25, -0.2) is 0 Å². The van der Waals surface area contributed by atoms with E-state index >= 15 is 0 Å². The van der Waals surface area contributed by atoms with Crippen LogP contribution < -0.4 is 4.74 Å². The Labute approximate surface area is 186 Å². The van der Waals surface area contributed by atoms with Crippen LogP contribution in [0.3, 0.4) is 0 Å². The van der Waals surface area contributed by atoms with Crippen LogP contribution in [0.1, 0.15) is 44.3 Å². The van der Waals surface area contributed by atoms with Crippen LogP contribution in [0.25, 0.3) is 10.8 Å². The van der Waals surface area contributed by atoms with Crippen molar-refractivity contribution in [3.63, 3.8) is 0 Å². The molecule has 0 spiro atoms. The Morgan fingerprint density at radius 1 is 0.906 bits per heavy atom. The van der Waals surface area contributed by atoms with Crippen molar-refractivity contribution >= 4 is 34.9 Å². The second-order valence-electron chi connectivity index (χ2n) is 7.77. The monoisotopic (exact) mass is 452 g/mol. The molecule has 7 heteroatoms. The predicted octanol–water partition coefficient (Wildman–Crippen LogP) is 5.59. The van der Waals surface area contributed by atoms with E-state index in [9.17, 15) is 24.1 Å². The molecule has 0 aromatic heterocycles. The van der Waals surface area contributed by atoms with Gasteiger partial charge in [0.1, 0.15) is 11.9 Å². The van der Waals surface area contributed by atoms with Crippen molar-refractivity contribution in [1.82, 2.24) is 0 Å². The Balaban J connectivity index is 2.29. The van der Waals surface area contributed by atoms with Gasteiger partial charge in [-0.05, 0) is 55.7 Å². The molecule has 0 amide bonds. The lowest BCUT2D eigenvalue weighted by Gasteiger charge is -2.20. The predicted molar refractivity (Wildman–Crippen MR) is 125 cm³/mol. The minimum atomic E-state index is -4.58. The third-order valence-corrected chi connectivity index (χ3v) is 7.78. The molecule has 1 atom stereocenters. The van der Waals surface area contributed by atoms with Gasteiger partial charge < -0.3 is 14.4 Å². The molecule has 6 nitrogen and oxygen atoms in total. The van der Waals surface area contributed by atoms with Crippen LogP contribution in [0.5, 0.6) is 5.75 Å². The summed E-state index contributed by atoms with van der Waals surface area (Å²) < 4.78 is 19.7. The van der Waals surface area contributed by atoms with E-state index in [4.69, 9.17) is 4.74 Å². The van der Waals surface area contributed by atoms with Crippen molar-refractivity contribution in [2.45, 2.75) is 27.7 Å². The molecule has 166 valence electrons. The van der Waals surface area contributed by atoms with E-state index in [1.165, 1.54) is 0 Å². The number of hydrogen-bond acceptors (Lipinski definition) is 5. The normalized spacial score (nSPS) is 12.9. The Bertz CT molecular complexity index is 1270. The molecule has 0 fully saturated rings. The number of rotatable bonds is 8. The Kier molecular flexibility index (Phi) is 6.65. The summed E-state index contributed by atoms with van der Waals surface area (Å²) >= 11 is 0. The Morgan fingerprint density at radius 2 is 1.50 bits per heavy atom. The molecule has 3 rings (SSSR count). The standard InChI is InChI=1S/C25H25O6P/c1-5-31-20-11-10-18-8-6-7-9-19(18)23(20)25(29)32(30,14-21(26)27)24(28)22-16(3)12-15(2)13-17(22)4/h6-13H,5,14H2,1-4H3,(H,26,27). The lowest BCUT2D eigenvalue weighted by atomic mass is 10.0. The maximum absolute atomic E-state index is 14.1. The molecule has 3 aromatic rings. The van der Waals surface area contributed by atoms with Gasteiger partial charge in [-0.3, -0.25) is 14.4 Å². The molecule has 32 heavy (non-hydrogen) atoms. The van der Waals surface area contributed by atoms with Crippen LogP contribution in [-0.4, -0.2) is 34.9 Å². The fourth-order valence-electron chi connectivity index (χ4n) is 4.05. The second kappa shape index (κ2) is 9.09. The SMILES string of the molecule is CCOc1ccc2ccccc2c1C(=O)P(=O)(CC(=O)O)C(=O)c1c(C)cc(C)cc1C. The van der Waals surface area contributed by atoms with Gasteiger partial charge >= 0.3 is 5.97 Å². The van der Waals surface area contributed by atoms with Crippen LogP contribution >= 0.6 is 7.14 Å². The summed E-state index contributed by atoms with van der Waals surface area (Å²) in [6.45, 7) is 7.22. The van der Waals surface area contributed by atoms with Crippen LogP contribution in [0.4, 0.5) is 0 Å². The van der Waals surface area contributed by atoms with Crippen LogP contribution in [0.15, 0.2) is 48.5 Å². The van der Waals surface area contributed by atoms with E-state index in [-0.39, 0.29) is 23.5 Å². The smallest absolute Gasteiger partial charge is 0.311 e. The third-order valence-electron chi connectivity index (χ3n) is 5.31. The van der Waals surface area contributed by atoms with Crippen molar-refractivity contribution in [3.05, 3.63) is 76.3 Å². The molecule has 0 saturated carbocycles. The number of ether oxygens (including phenoxy) is 1. The Morgan fingerprint density at radius 3 is 2.09 bits per heavy atom. The van der Waals surface area contributed by atoms with E-state index < -0.39 is 30.3 Å². The van der Waals surface area contributed by atoms with Gasteiger partial charge in [0.05, 0.1) is 12.2 Å². The highest BCUT2D eigenvalue weighted by Gasteiger charge is 2.45. The molecule has 0 aliphatic carbocycles. The van der Waals surface area contributed by atoms with E-state index in [2.05, 4.69) is 0 Å². The molecule has 0 aliphatic heterocycles. The van der Waals surface area contributed by atoms with Crippen LogP contribution in [0, 0.1) is 20.8 Å². The van der Waals surface area contributed by atoms with Crippen LogP contribution in [0.2, 0.25) is 0 Å². The van der Waals surface area contributed by atoms with Crippen molar-refractivity contribution in [1.29, 1.82) is 0 Å². The minimum Gasteiger partial charge on any atom is -0.493 e. The fraction of sp³-hybridized carbons (Fsp3) is 0.240. The van der Waals surface area contributed by atoms with Gasteiger partial charge in [0.2, 0.25) is 18.2 Å².